The van der Waals surface area contributed by atoms with Crippen LogP contribution in [0.5, 0.6) is 0 Å². The minimum Gasteiger partial charge on any atom is -0.392 e. The van der Waals surface area contributed by atoms with Crippen molar-refractivity contribution in [3.05, 3.63) is 0 Å². The summed E-state index contributed by atoms with van der Waals surface area (Å²) in [5, 5.41) is 11.5. The van der Waals surface area contributed by atoms with Crippen LogP contribution in [0.4, 0.5) is 0 Å². The maximum Gasteiger partial charge on any atom is 0.367 e. The largest absolute Gasteiger partial charge is 0.392 e. The van der Waals surface area contributed by atoms with E-state index < -0.39 is 38.0 Å². The highest BCUT2D eigenvalue weighted by Gasteiger charge is 2.30. The molecule has 2 N–H and O–H groups in total. The summed E-state index contributed by atoms with van der Waals surface area (Å²) < 4.78 is 15.8. The van der Waals surface area contributed by atoms with Gasteiger partial charge < -0.3 is 15.2 Å². The lowest BCUT2D eigenvalue weighted by Crippen LogP contribution is -2.35. The van der Waals surface area contributed by atoms with Crippen LogP contribution in [0.25, 0.3) is 0 Å². The Labute approximate surface area is 101 Å². The second-order valence-electron chi connectivity index (χ2n) is 4.10. The molecule has 0 aromatic rings. The number of rotatable bonds is 5. The lowest BCUT2D eigenvalue weighted by atomic mass is 10.2. The van der Waals surface area contributed by atoms with Crippen molar-refractivity contribution in [3.8, 4) is 0 Å². The molecule has 7 heteroatoms. The van der Waals surface area contributed by atoms with E-state index in [1.54, 1.807) is 0 Å². The van der Waals surface area contributed by atoms with Crippen LogP contribution in [0.2, 0.25) is 0 Å². The Morgan fingerprint density at radius 1 is 1.59 bits per heavy atom. The third-order valence-electron chi connectivity index (χ3n) is 2.58. The van der Waals surface area contributed by atoms with Gasteiger partial charge in [-0.2, -0.15) is 0 Å². The van der Waals surface area contributed by atoms with E-state index in [2.05, 4.69) is 5.32 Å². The molecule has 0 amide bonds. The molecule has 0 aliphatic carbocycles. The fourth-order valence-electron chi connectivity index (χ4n) is 1.59. The van der Waals surface area contributed by atoms with Gasteiger partial charge >= 0.3 is 19.7 Å². The molecule has 0 spiro atoms. The first-order valence-electron chi connectivity index (χ1n) is 5.56. The molecule has 0 aromatic carbocycles. The van der Waals surface area contributed by atoms with Crippen molar-refractivity contribution in [2.45, 2.75) is 25.8 Å². The summed E-state index contributed by atoms with van der Waals surface area (Å²) in [4.78, 5) is 23.0. The quantitative estimate of drug-likeness (QED) is 0.418. The molecular formula is C10H17NO5P+. The van der Waals surface area contributed by atoms with Crippen molar-refractivity contribution in [3.63, 3.8) is 0 Å². The van der Waals surface area contributed by atoms with Crippen LogP contribution in [-0.4, -0.2) is 42.1 Å². The third-order valence-corrected chi connectivity index (χ3v) is 3.85. The molecule has 1 aliphatic heterocycles. The second-order valence-corrected chi connectivity index (χ2v) is 5.71. The van der Waals surface area contributed by atoms with Crippen molar-refractivity contribution in [2.75, 3.05) is 19.1 Å². The molecule has 0 bridgehead atoms. The second kappa shape index (κ2) is 6.79. The zero-order chi connectivity index (χ0) is 12.8. The molecule has 17 heavy (non-hydrogen) atoms. The van der Waals surface area contributed by atoms with Crippen LogP contribution in [0.3, 0.4) is 0 Å². The summed E-state index contributed by atoms with van der Waals surface area (Å²) in [6.07, 6.45) is 1.15. The zero-order valence-corrected chi connectivity index (χ0v) is 10.6. The van der Waals surface area contributed by atoms with Crippen molar-refractivity contribution < 1.29 is 24.0 Å². The van der Waals surface area contributed by atoms with Gasteiger partial charge in [-0.3, -0.25) is 4.79 Å². The summed E-state index contributed by atoms with van der Waals surface area (Å²) in [5.74, 6) is -1.89. The topological polar surface area (TPSA) is 92.7 Å². The van der Waals surface area contributed by atoms with E-state index in [1.807, 2.05) is 0 Å². The first-order chi connectivity index (χ1) is 8.04. The predicted molar refractivity (Wildman–Crippen MR) is 60.8 cm³/mol. The highest BCUT2D eigenvalue weighted by atomic mass is 31.1. The molecule has 1 aliphatic rings. The number of hydrogen-bond acceptors (Lipinski definition) is 6. The number of carbonyl (C=O) groups excluding carboxylic acids is 2. The van der Waals surface area contributed by atoms with Gasteiger partial charge in [0.15, 0.2) is 6.16 Å². The highest BCUT2D eigenvalue weighted by molar-refractivity contribution is 7.44. The number of aliphatic hydroxyl groups excluding tert-OH is 1. The monoisotopic (exact) mass is 262 g/mol. The van der Waals surface area contributed by atoms with Crippen LogP contribution < -0.4 is 5.32 Å². The third kappa shape index (κ3) is 4.50. The summed E-state index contributed by atoms with van der Waals surface area (Å²) in [6, 6.07) is -0.405. The number of nitrogens with one attached hydrogen (secondary N) is 1. The summed E-state index contributed by atoms with van der Waals surface area (Å²) >= 11 is 0. The number of esters is 2. The van der Waals surface area contributed by atoms with Gasteiger partial charge in [0.1, 0.15) is 6.04 Å². The molecule has 0 radical (unpaired) electrons. The summed E-state index contributed by atoms with van der Waals surface area (Å²) in [7, 11) is -1.81. The molecule has 2 unspecified atom stereocenters. The minimum absolute atomic E-state index is 0.0377. The van der Waals surface area contributed by atoms with Crippen molar-refractivity contribution in [2.24, 2.45) is 5.92 Å². The van der Waals surface area contributed by atoms with E-state index >= 15 is 0 Å². The Hall–Kier alpha value is -0.840. The summed E-state index contributed by atoms with van der Waals surface area (Å²) in [6.45, 7) is 2.28. The smallest absolute Gasteiger partial charge is 0.367 e. The Morgan fingerprint density at radius 2 is 2.29 bits per heavy atom. The van der Waals surface area contributed by atoms with Crippen molar-refractivity contribution in [1.29, 1.82) is 0 Å². The molecule has 1 saturated heterocycles. The maximum absolute atomic E-state index is 11.5. The van der Waals surface area contributed by atoms with E-state index in [1.165, 1.54) is 6.92 Å². The molecule has 0 saturated carbocycles. The molecule has 0 aromatic heterocycles. The Morgan fingerprint density at radius 3 is 2.82 bits per heavy atom. The average Bonchev–Trinajstić information content (AvgIpc) is 2.82. The SMILES string of the molecule is CC(C[P+](=O)CO)C(=O)OC(=O)[C@@H]1CCCN1. The predicted octanol–water partition coefficient (Wildman–Crippen LogP) is 0.221. The Balaban J connectivity index is 2.37. The maximum atomic E-state index is 11.5. The zero-order valence-electron chi connectivity index (χ0n) is 9.72. The van der Waals surface area contributed by atoms with Gasteiger partial charge in [0.05, 0.1) is 5.92 Å². The summed E-state index contributed by atoms with van der Waals surface area (Å²) in [5.41, 5.74) is 0. The van der Waals surface area contributed by atoms with Crippen LogP contribution in [0.1, 0.15) is 19.8 Å². The van der Waals surface area contributed by atoms with E-state index in [9.17, 15) is 14.2 Å². The van der Waals surface area contributed by atoms with Gasteiger partial charge in [0.25, 0.3) is 0 Å². The molecule has 1 rings (SSSR count). The first-order valence-corrected chi connectivity index (χ1v) is 7.19. The van der Waals surface area contributed by atoms with E-state index in [0.29, 0.717) is 6.42 Å². The lowest BCUT2D eigenvalue weighted by Gasteiger charge is -2.10. The van der Waals surface area contributed by atoms with Gasteiger partial charge in [-0.1, -0.05) is 4.57 Å². The highest BCUT2D eigenvalue weighted by Crippen LogP contribution is 2.23. The minimum atomic E-state index is -1.81. The van der Waals surface area contributed by atoms with Gasteiger partial charge in [-0.25, -0.2) is 4.79 Å². The van der Waals surface area contributed by atoms with Crippen LogP contribution in [0.15, 0.2) is 0 Å². The fourth-order valence-corrected chi connectivity index (χ4v) is 2.47. The molecular weight excluding hydrogens is 245 g/mol. The van der Waals surface area contributed by atoms with Crippen LogP contribution in [-0.2, 0) is 18.9 Å². The molecule has 1 heterocycles. The Bertz CT molecular complexity index is 314. The number of carbonyl (C=O) groups is 2. The molecule has 96 valence electrons. The molecule has 3 atom stereocenters. The standard InChI is InChI=1S/C10H17NO5P/c1-7(5-17(15)6-12)9(13)16-10(14)8-3-2-4-11-8/h7-8,11-12H,2-6H2,1H3/q+1/t7?,8-/m0/s1. The van der Waals surface area contributed by atoms with Gasteiger partial charge in [0.2, 0.25) is 6.35 Å². The Kier molecular flexibility index (Phi) is 5.68. The van der Waals surface area contributed by atoms with Gasteiger partial charge in [-0.15, -0.1) is 0 Å². The molecule has 6 nitrogen and oxygen atoms in total. The molecule has 1 fully saturated rings. The number of hydrogen-bond donors (Lipinski definition) is 2. The lowest BCUT2D eigenvalue weighted by molar-refractivity contribution is -0.163. The average molecular weight is 262 g/mol. The van der Waals surface area contributed by atoms with E-state index in [-0.39, 0.29) is 6.16 Å². The normalized spacial score (nSPS) is 22.0. The van der Waals surface area contributed by atoms with E-state index in [0.717, 1.165) is 13.0 Å². The number of aliphatic hydroxyl groups is 1. The van der Waals surface area contributed by atoms with E-state index in [4.69, 9.17) is 9.84 Å². The van der Waals surface area contributed by atoms with Crippen molar-refractivity contribution >= 4 is 19.7 Å². The first kappa shape index (κ1) is 14.2. The van der Waals surface area contributed by atoms with Gasteiger partial charge in [-0.05, 0) is 26.3 Å². The van der Waals surface area contributed by atoms with Crippen LogP contribution >= 0.6 is 7.80 Å². The van der Waals surface area contributed by atoms with Crippen LogP contribution in [0, 0.1) is 5.92 Å². The fraction of sp³-hybridized carbons (Fsp3) is 0.800. The van der Waals surface area contributed by atoms with Gasteiger partial charge in [0, 0.05) is 0 Å². The van der Waals surface area contributed by atoms with Crippen molar-refractivity contribution in [1.82, 2.24) is 5.32 Å². The number of ether oxygens (including phenoxy) is 1.